The van der Waals surface area contributed by atoms with Crippen LogP contribution in [-0.4, -0.2) is 40.0 Å². The fraction of sp³-hybridized carbons (Fsp3) is 0.875. The van der Waals surface area contributed by atoms with Crippen molar-refractivity contribution in [3.8, 4) is 0 Å². The van der Waals surface area contributed by atoms with Gasteiger partial charge in [-0.15, -0.1) is 0 Å². The molecule has 0 bridgehead atoms. The molecule has 0 aliphatic heterocycles. The number of rotatable bonds is 3. The fourth-order valence-corrected chi connectivity index (χ4v) is 6.58. The second-order valence-corrected chi connectivity index (χ2v) is 16.7. The summed E-state index contributed by atoms with van der Waals surface area (Å²) in [6, 6.07) is 0. The Morgan fingerprint density at radius 3 is 1.36 bits per heavy atom. The molecular weight excluding hydrogens is 392 g/mol. The summed E-state index contributed by atoms with van der Waals surface area (Å²) in [6.45, 7) is 7.07. The molecule has 0 amide bonds. The number of halogens is 3. The first-order valence-electron chi connectivity index (χ1n) is 4.43. The van der Waals surface area contributed by atoms with Crippen molar-refractivity contribution in [2.75, 3.05) is 0 Å². The Balaban J connectivity index is 0. The molecule has 0 saturated carbocycles. The first-order valence-corrected chi connectivity index (χ1v) is 12.7. The van der Waals surface area contributed by atoms with E-state index < -0.39 is 34.8 Å². The van der Waals surface area contributed by atoms with E-state index in [-0.39, 0.29) is 0 Å². The van der Waals surface area contributed by atoms with E-state index in [4.69, 9.17) is 9.90 Å². The Morgan fingerprint density at radius 2 is 1.36 bits per heavy atom. The average molecular weight is 408 g/mol. The van der Waals surface area contributed by atoms with Crippen LogP contribution in [0.3, 0.4) is 0 Å². The molecule has 0 aliphatic rings. The Bertz CT molecular complexity index is 150. The second kappa shape index (κ2) is 8.49. The van der Waals surface area contributed by atoms with E-state index in [1.165, 1.54) is 0 Å². The predicted molar refractivity (Wildman–Crippen MR) is 50.9 cm³/mol. The summed E-state index contributed by atoms with van der Waals surface area (Å²) >= 11 is -0.789. The molecule has 0 aromatic heterocycles. The summed E-state index contributed by atoms with van der Waals surface area (Å²) in [5.74, 6) is -2.76. The minimum atomic E-state index is -5.08. The number of alkyl halides is 3. The van der Waals surface area contributed by atoms with Crippen molar-refractivity contribution in [1.82, 2.24) is 0 Å². The second-order valence-electron chi connectivity index (χ2n) is 2.61. The Hall–Kier alpha value is 0.182. The summed E-state index contributed by atoms with van der Waals surface area (Å²) in [4.78, 5) is 8.90. The third-order valence-electron chi connectivity index (χ3n) is 1.74. The third kappa shape index (κ3) is 10.3. The summed E-state index contributed by atoms with van der Waals surface area (Å²) in [5, 5.41) is 7.12. The summed E-state index contributed by atoms with van der Waals surface area (Å²) < 4.78 is 36.4. The third-order valence-corrected chi connectivity index (χ3v) is 13.4. The monoisotopic (exact) mass is 409 g/mol. The molecule has 0 aromatic rings. The van der Waals surface area contributed by atoms with Gasteiger partial charge in [-0.3, -0.25) is 0 Å². The summed E-state index contributed by atoms with van der Waals surface area (Å²) in [6.07, 6.45) is -5.08. The normalized spacial score (nSPS) is 10.8. The van der Waals surface area contributed by atoms with Crippen molar-refractivity contribution in [3.63, 3.8) is 0 Å². The van der Waals surface area contributed by atoms with Crippen molar-refractivity contribution >= 4 is 28.7 Å². The van der Waals surface area contributed by atoms with Crippen molar-refractivity contribution in [2.45, 2.75) is 38.9 Å². The van der Waals surface area contributed by atoms with Gasteiger partial charge in [-0.05, 0) is 0 Å². The average Bonchev–Trinajstić information content (AvgIpc) is 2.07. The zero-order valence-corrected chi connectivity index (χ0v) is 12.5. The van der Waals surface area contributed by atoms with Gasteiger partial charge < -0.3 is 5.11 Å². The molecule has 1 N–H and O–H groups in total. The van der Waals surface area contributed by atoms with Crippen LogP contribution < -0.4 is 0 Å². The van der Waals surface area contributed by atoms with Crippen LogP contribution in [0.5, 0.6) is 0 Å². The van der Waals surface area contributed by atoms with Crippen LogP contribution in [0.4, 0.5) is 13.2 Å². The summed E-state index contributed by atoms with van der Waals surface area (Å²) in [5.41, 5.74) is 0. The van der Waals surface area contributed by atoms with Gasteiger partial charge in [0.25, 0.3) is 0 Å². The zero-order valence-electron chi connectivity index (χ0n) is 8.61. The summed E-state index contributed by atoms with van der Waals surface area (Å²) in [7, 11) is 0. The predicted octanol–water partition coefficient (Wildman–Crippen LogP) is 3.17. The molecule has 85 valence electrons. The van der Waals surface area contributed by atoms with Gasteiger partial charge in [0.15, 0.2) is 0 Å². The van der Waals surface area contributed by atoms with Crippen LogP contribution in [0.2, 0.25) is 11.9 Å². The number of carboxylic acids is 1. The van der Waals surface area contributed by atoms with E-state index in [9.17, 15) is 13.2 Å². The van der Waals surface area contributed by atoms with Crippen molar-refractivity contribution in [1.29, 1.82) is 0 Å². The van der Waals surface area contributed by atoms with Gasteiger partial charge in [0, 0.05) is 0 Å². The number of hydrogen-bond acceptors (Lipinski definition) is 1. The van der Waals surface area contributed by atoms with Crippen molar-refractivity contribution < 1.29 is 23.1 Å². The maximum absolute atomic E-state index is 10.6. The molecule has 0 heterocycles. The Labute approximate surface area is 90.6 Å². The Kier molecular flexibility index (Phi) is 10.1. The fourth-order valence-electron chi connectivity index (χ4n) is 0.750. The van der Waals surface area contributed by atoms with E-state index >= 15 is 0 Å². The molecule has 0 fully saturated rings. The minimum Gasteiger partial charge on any atom is -0.475 e. The molecule has 1 radical (unpaired) electrons. The number of aliphatic carboxylic acids is 1. The van der Waals surface area contributed by atoms with Crippen LogP contribution in [-0.2, 0) is 4.79 Å². The van der Waals surface area contributed by atoms with Crippen LogP contribution in [0, 0.1) is 0 Å². The Morgan fingerprint density at radius 1 is 1.14 bits per heavy atom. The van der Waals surface area contributed by atoms with Gasteiger partial charge in [0.05, 0.1) is 0 Å². The molecule has 2 nitrogen and oxygen atoms in total. The number of carbonyl (C=O) groups is 1. The zero-order chi connectivity index (χ0) is 11.8. The molecule has 6 heteroatoms. The molecule has 0 spiro atoms. The van der Waals surface area contributed by atoms with Crippen LogP contribution >= 0.6 is 0 Å². The van der Waals surface area contributed by atoms with E-state index in [0.717, 1.165) is 0 Å². The van der Waals surface area contributed by atoms with E-state index in [2.05, 4.69) is 20.8 Å². The van der Waals surface area contributed by atoms with Gasteiger partial charge >= 0.3 is 67.6 Å². The maximum Gasteiger partial charge on any atom is 0.490 e. The van der Waals surface area contributed by atoms with Crippen LogP contribution in [0.1, 0.15) is 20.8 Å². The van der Waals surface area contributed by atoms with Crippen LogP contribution in [0.15, 0.2) is 0 Å². The number of carboxylic acid groups (broad SMARTS) is 1. The largest absolute Gasteiger partial charge is 0.490 e. The smallest absolute Gasteiger partial charge is 0.475 e. The van der Waals surface area contributed by atoms with E-state index in [0.29, 0.717) is 0 Å². The first-order chi connectivity index (χ1) is 6.29. The van der Waals surface area contributed by atoms with Gasteiger partial charge in [-0.1, -0.05) is 0 Å². The molecule has 0 aromatic carbocycles. The van der Waals surface area contributed by atoms with E-state index in [1.54, 1.807) is 11.9 Å². The molecule has 0 atom stereocenters. The van der Waals surface area contributed by atoms with Gasteiger partial charge in [-0.25, -0.2) is 4.79 Å². The standard InChI is InChI=1S/C2HF3O2.3C2H5.Pb/c3-2(4,5)1(6)7;3*1-2;/h(H,6,7);3*1H2,2H3;. The van der Waals surface area contributed by atoms with Gasteiger partial charge in [0.1, 0.15) is 0 Å². The first kappa shape index (κ1) is 16.6. The molecule has 0 unspecified atom stereocenters. The molecule has 0 saturated heterocycles. The maximum atomic E-state index is 10.6. The molecule has 0 rings (SSSR count). The quantitative estimate of drug-likeness (QED) is 0.729. The van der Waals surface area contributed by atoms with E-state index in [1.807, 2.05) is 0 Å². The SMILES string of the molecule is C[CH2][Pb]([CH2]C)[CH2]C.O=C(O)C(F)(F)F. The number of hydrogen-bond donors (Lipinski definition) is 1. The van der Waals surface area contributed by atoms with Crippen LogP contribution in [0.25, 0.3) is 0 Å². The topological polar surface area (TPSA) is 37.3 Å². The molecular formula is C8H16F3O2Pb. The minimum absolute atomic E-state index is 0.789. The molecule has 14 heavy (non-hydrogen) atoms. The van der Waals surface area contributed by atoms with Gasteiger partial charge in [0.2, 0.25) is 0 Å². The van der Waals surface area contributed by atoms with Crippen molar-refractivity contribution in [3.05, 3.63) is 0 Å². The molecule has 0 aliphatic carbocycles. The van der Waals surface area contributed by atoms with Crippen molar-refractivity contribution in [2.24, 2.45) is 0 Å². The van der Waals surface area contributed by atoms with Gasteiger partial charge in [-0.2, -0.15) is 13.2 Å².